The number of thiophene rings is 1. The molecule has 3 rings (SSSR count). The number of unbranched alkanes of at least 4 members (excludes halogenated alkanes) is 1. The maximum absolute atomic E-state index is 4.52. The van der Waals surface area contributed by atoms with Crippen LogP contribution in [0.1, 0.15) is 61.6 Å². The lowest BCUT2D eigenvalue weighted by molar-refractivity contribution is 0.233. The number of imidazole rings is 2. The summed E-state index contributed by atoms with van der Waals surface area (Å²) in [6.07, 6.45) is 12.6. The highest BCUT2D eigenvalue weighted by Crippen LogP contribution is 2.20. The van der Waals surface area contributed by atoms with Gasteiger partial charge in [0.25, 0.3) is 0 Å². The van der Waals surface area contributed by atoms with Crippen LogP contribution in [-0.4, -0.2) is 67.4 Å². The van der Waals surface area contributed by atoms with Crippen molar-refractivity contribution >= 4 is 11.3 Å². The third-order valence-electron chi connectivity index (χ3n) is 6.10. The molecule has 0 bridgehead atoms. The Labute approximate surface area is 209 Å². The maximum Gasteiger partial charge on any atom is 0.122 e. The number of nitrogens with one attached hydrogen (secondary N) is 1. The third kappa shape index (κ3) is 8.98. The van der Waals surface area contributed by atoms with Crippen LogP contribution in [0.15, 0.2) is 36.2 Å². The summed E-state index contributed by atoms with van der Waals surface area (Å²) in [7, 11) is 4.30. The number of aromatic nitrogens is 4. The zero-order valence-corrected chi connectivity index (χ0v) is 22.4. The molecule has 3 aromatic rings. The van der Waals surface area contributed by atoms with Crippen molar-refractivity contribution in [3.05, 3.63) is 58.3 Å². The van der Waals surface area contributed by atoms with Gasteiger partial charge in [0, 0.05) is 49.8 Å². The molecule has 0 saturated heterocycles. The summed E-state index contributed by atoms with van der Waals surface area (Å²) >= 11 is 1.88. The molecule has 188 valence electrons. The zero-order chi connectivity index (χ0) is 24.2. The van der Waals surface area contributed by atoms with Gasteiger partial charge in [0.15, 0.2) is 0 Å². The number of hydrogen-bond donors (Lipinski definition) is 1. The number of aromatic amines is 1. The summed E-state index contributed by atoms with van der Waals surface area (Å²) in [6, 6.07) is 2.37. The van der Waals surface area contributed by atoms with Gasteiger partial charge in [0.2, 0.25) is 0 Å². The van der Waals surface area contributed by atoms with Gasteiger partial charge in [-0.15, -0.1) is 11.3 Å². The fraction of sp³-hybridized carbons (Fsp3) is 0.615. The van der Waals surface area contributed by atoms with Gasteiger partial charge in [-0.3, -0.25) is 4.90 Å². The van der Waals surface area contributed by atoms with Crippen LogP contribution in [0.5, 0.6) is 0 Å². The third-order valence-corrected chi connectivity index (χ3v) is 7.07. The lowest BCUT2D eigenvalue weighted by Crippen LogP contribution is -2.27. The minimum Gasteiger partial charge on any atom is -0.348 e. The van der Waals surface area contributed by atoms with E-state index < -0.39 is 0 Å². The average molecular weight is 486 g/mol. The van der Waals surface area contributed by atoms with Gasteiger partial charge in [-0.1, -0.05) is 13.8 Å². The Morgan fingerprint density at radius 3 is 2.38 bits per heavy atom. The summed E-state index contributed by atoms with van der Waals surface area (Å²) in [5.41, 5.74) is 1.36. The first-order valence-electron chi connectivity index (χ1n) is 12.7. The van der Waals surface area contributed by atoms with Crippen molar-refractivity contribution in [3.63, 3.8) is 0 Å². The first-order valence-corrected chi connectivity index (χ1v) is 13.6. The normalized spacial score (nSPS) is 12.0. The maximum atomic E-state index is 4.52. The summed E-state index contributed by atoms with van der Waals surface area (Å²) in [5.74, 6) is 2.05. The lowest BCUT2D eigenvalue weighted by Gasteiger charge is -2.22. The van der Waals surface area contributed by atoms with Crippen LogP contribution < -0.4 is 0 Å². The van der Waals surface area contributed by atoms with Crippen LogP contribution in [0, 0.1) is 0 Å². The Kier molecular flexibility index (Phi) is 11.3. The van der Waals surface area contributed by atoms with E-state index in [4.69, 9.17) is 0 Å². The summed E-state index contributed by atoms with van der Waals surface area (Å²) in [5, 5.41) is 2.31. The molecule has 0 spiro atoms. The summed E-state index contributed by atoms with van der Waals surface area (Å²) < 4.78 is 2.09. The van der Waals surface area contributed by atoms with E-state index in [9.17, 15) is 0 Å². The number of H-pyrrole nitrogens is 1. The van der Waals surface area contributed by atoms with Crippen molar-refractivity contribution in [2.45, 2.75) is 65.7 Å². The molecule has 0 aliphatic rings. The molecule has 0 fully saturated rings. The van der Waals surface area contributed by atoms with Crippen LogP contribution in [0.25, 0.3) is 0 Å². The standard InChI is InChI=1S/C26H43N7S/c1-5-12-32(13-6-2)15-8-7-14-30(3)19-24-17-23(22-34-24)18-33(20-25-27-9-10-28-25)21-26-29-11-16-31(26)4/h9-11,16-17,22H,5-8,12-15,18-21H2,1-4H3,(H,27,28). The Balaban J connectivity index is 1.47. The van der Waals surface area contributed by atoms with Gasteiger partial charge < -0.3 is 19.4 Å². The fourth-order valence-electron chi connectivity index (χ4n) is 4.39. The smallest absolute Gasteiger partial charge is 0.122 e. The van der Waals surface area contributed by atoms with E-state index in [2.05, 4.69) is 73.6 Å². The Bertz CT molecular complexity index is 911. The molecule has 3 aromatic heterocycles. The predicted molar refractivity (Wildman–Crippen MR) is 142 cm³/mol. The predicted octanol–water partition coefficient (Wildman–Crippen LogP) is 4.74. The van der Waals surface area contributed by atoms with Crippen LogP contribution in [0.3, 0.4) is 0 Å². The summed E-state index contributed by atoms with van der Waals surface area (Å²) in [6.45, 7) is 12.9. The molecule has 0 saturated carbocycles. The first kappa shape index (κ1) is 26.6. The molecule has 0 unspecified atom stereocenters. The van der Waals surface area contributed by atoms with Crippen molar-refractivity contribution < 1.29 is 0 Å². The second kappa shape index (κ2) is 14.4. The number of rotatable bonds is 17. The van der Waals surface area contributed by atoms with E-state index in [0.29, 0.717) is 0 Å². The van der Waals surface area contributed by atoms with Crippen LogP contribution in [0.2, 0.25) is 0 Å². The van der Waals surface area contributed by atoms with E-state index in [1.54, 1.807) is 0 Å². The van der Waals surface area contributed by atoms with Crippen molar-refractivity contribution in [2.24, 2.45) is 7.05 Å². The Hall–Kier alpha value is -2.00. The quantitative estimate of drug-likeness (QED) is 0.280. The molecule has 0 amide bonds. The molecule has 0 atom stereocenters. The highest BCUT2D eigenvalue weighted by Gasteiger charge is 2.14. The van der Waals surface area contributed by atoms with E-state index in [-0.39, 0.29) is 0 Å². The molecule has 0 aliphatic carbocycles. The van der Waals surface area contributed by atoms with Crippen LogP contribution >= 0.6 is 11.3 Å². The minimum absolute atomic E-state index is 0.776. The van der Waals surface area contributed by atoms with E-state index in [1.807, 2.05) is 36.1 Å². The van der Waals surface area contributed by atoms with E-state index in [0.717, 1.165) is 44.4 Å². The minimum atomic E-state index is 0.776. The van der Waals surface area contributed by atoms with Gasteiger partial charge in [-0.25, -0.2) is 9.97 Å². The van der Waals surface area contributed by atoms with Crippen LogP contribution in [0.4, 0.5) is 0 Å². The molecule has 34 heavy (non-hydrogen) atoms. The van der Waals surface area contributed by atoms with Gasteiger partial charge in [0.1, 0.15) is 11.6 Å². The van der Waals surface area contributed by atoms with Gasteiger partial charge in [-0.2, -0.15) is 0 Å². The van der Waals surface area contributed by atoms with Crippen molar-refractivity contribution in [1.82, 2.24) is 34.2 Å². The highest BCUT2D eigenvalue weighted by molar-refractivity contribution is 7.10. The van der Waals surface area contributed by atoms with E-state index >= 15 is 0 Å². The molecular weight excluding hydrogens is 442 g/mol. The SMILES string of the molecule is CCCN(CCC)CCCCN(C)Cc1cc(CN(Cc2ncc[nH]2)Cc2nccn2C)cs1. The largest absolute Gasteiger partial charge is 0.348 e. The molecule has 8 heteroatoms. The number of aryl methyl sites for hydroxylation is 1. The highest BCUT2D eigenvalue weighted by atomic mass is 32.1. The fourth-order valence-corrected chi connectivity index (χ4v) is 5.35. The Morgan fingerprint density at radius 1 is 0.912 bits per heavy atom. The number of hydrogen-bond acceptors (Lipinski definition) is 6. The van der Waals surface area contributed by atoms with Gasteiger partial charge in [0.05, 0.1) is 13.1 Å². The second-order valence-electron chi connectivity index (χ2n) is 9.34. The Morgan fingerprint density at radius 2 is 1.71 bits per heavy atom. The molecule has 3 heterocycles. The molecule has 1 N–H and O–H groups in total. The monoisotopic (exact) mass is 485 g/mol. The van der Waals surface area contributed by atoms with Gasteiger partial charge >= 0.3 is 0 Å². The van der Waals surface area contributed by atoms with Crippen molar-refractivity contribution in [1.29, 1.82) is 0 Å². The lowest BCUT2D eigenvalue weighted by atomic mass is 10.2. The number of nitrogens with zero attached hydrogens (tertiary/aromatic N) is 6. The molecule has 7 nitrogen and oxygen atoms in total. The molecular formula is C26H43N7S. The summed E-state index contributed by atoms with van der Waals surface area (Å²) in [4.78, 5) is 21.1. The first-order chi connectivity index (χ1) is 16.6. The molecule has 0 radical (unpaired) electrons. The topological polar surface area (TPSA) is 56.2 Å². The van der Waals surface area contributed by atoms with Crippen molar-refractivity contribution in [3.8, 4) is 0 Å². The van der Waals surface area contributed by atoms with E-state index in [1.165, 1.54) is 55.8 Å². The van der Waals surface area contributed by atoms with Crippen molar-refractivity contribution in [2.75, 3.05) is 33.2 Å². The molecule has 0 aromatic carbocycles. The average Bonchev–Trinajstić information content (AvgIpc) is 3.56. The van der Waals surface area contributed by atoms with Gasteiger partial charge in [-0.05, 0) is 75.9 Å². The zero-order valence-electron chi connectivity index (χ0n) is 21.5. The second-order valence-corrected chi connectivity index (χ2v) is 10.3. The molecule has 0 aliphatic heterocycles. The van der Waals surface area contributed by atoms with Crippen LogP contribution in [-0.2, 0) is 33.2 Å².